The molecule has 1 fully saturated rings. The number of halogens is 1. The summed E-state index contributed by atoms with van der Waals surface area (Å²) in [4.78, 5) is 7.05. The fraction of sp³-hybridized carbons (Fsp3) is 0.667. The molecule has 1 aromatic rings. The number of nitrogens with zero attached hydrogens (tertiary/aromatic N) is 2. The number of hydrogen-bond acceptors (Lipinski definition) is 4. The summed E-state index contributed by atoms with van der Waals surface area (Å²) in [6, 6.07) is 5.45. The van der Waals surface area contributed by atoms with Crippen molar-refractivity contribution < 1.29 is 13.2 Å². The highest BCUT2D eigenvalue weighted by Gasteiger charge is 2.17. The van der Waals surface area contributed by atoms with Crippen LogP contribution in [0.5, 0.6) is 0 Å². The van der Waals surface area contributed by atoms with E-state index in [-0.39, 0.29) is 30.5 Å². The molecule has 9 heteroatoms. The van der Waals surface area contributed by atoms with Gasteiger partial charge in [-0.2, -0.15) is 0 Å². The molecule has 0 atom stereocenters. The van der Waals surface area contributed by atoms with Crippen molar-refractivity contribution in [2.75, 3.05) is 46.4 Å². The van der Waals surface area contributed by atoms with E-state index in [1.807, 2.05) is 40.0 Å². The second-order valence-electron chi connectivity index (χ2n) is 7.67. The first-order valence-electron chi connectivity index (χ1n) is 10.5. The Labute approximate surface area is 199 Å². The van der Waals surface area contributed by atoms with Gasteiger partial charge < -0.3 is 15.0 Å². The molecule has 0 aromatic heterocycles. The van der Waals surface area contributed by atoms with Gasteiger partial charge in [-0.25, -0.2) is 13.1 Å². The molecule has 0 aliphatic carbocycles. The number of nitrogens with one attached hydrogen (secondary N) is 2. The van der Waals surface area contributed by atoms with Gasteiger partial charge in [-0.05, 0) is 63.1 Å². The van der Waals surface area contributed by atoms with Crippen LogP contribution in [-0.4, -0.2) is 65.7 Å². The first-order valence-corrected chi connectivity index (χ1v) is 12.0. The molecule has 0 spiro atoms. The van der Waals surface area contributed by atoms with E-state index >= 15 is 0 Å². The highest BCUT2D eigenvalue weighted by atomic mass is 127. The number of rotatable bonds is 9. The molecule has 7 nitrogen and oxygen atoms in total. The standard InChI is InChI=1S/C21H36N4O3S.HI/c1-5-22-21(25(4)13-8-19-9-14-28-15-10-19)23-11-12-24-29(26,27)20-16-17(2)6-7-18(20)3;/h6-7,16,19,24H,5,8-15H2,1-4H3,(H,22,23);1H. The van der Waals surface area contributed by atoms with E-state index < -0.39 is 10.0 Å². The van der Waals surface area contributed by atoms with Crippen molar-refractivity contribution in [2.24, 2.45) is 10.9 Å². The lowest BCUT2D eigenvalue weighted by molar-refractivity contribution is 0.0625. The normalized spacial score (nSPS) is 15.5. The number of benzene rings is 1. The summed E-state index contributed by atoms with van der Waals surface area (Å²) in [6.07, 6.45) is 3.37. The van der Waals surface area contributed by atoms with Crippen LogP contribution in [-0.2, 0) is 14.8 Å². The second kappa shape index (κ2) is 13.5. The highest BCUT2D eigenvalue weighted by Crippen LogP contribution is 2.18. The van der Waals surface area contributed by atoms with E-state index in [9.17, 15) is 8.42 Å². The van der Waals surface area contributed by atoms with Gasteiger partial charge >= 0.3 is 0 Å². The van der Waals surface area contributed by atoms with Gasteiger partial charge in [0.05, 0.1) is 11.4 Å². The number of aliphatic imine (C=N–C) groups is 1. The topological polar surface area (TPSA) is 83.0 Å². The van der Waals surface area contributed by atoms with Crippen LogP contribution in [0.4, 0.5) is 0 Å². The van der Waals surface area contributed by atoms with Crippen molar-refractivity contribution in [3.63, 3.8) is 0 Å². The Bertz CT molecular complexity index is 780. The zero-order chi connectivity index (χ0) is 21.3. The van der Waals surface area contributed by atoms with E-state index in [1.54, 1.807) is 6.07 Å². The Morgan fingerprint density at radius 2 is 1.97 bits per heavy atom. The average molecular weight is 553 g/mol. The Morgan fingerprint density at radius 1 is 1.27 bits per heavy atom. The van der Waals surface area contributed by atoms with Crippen LogP contribution in [0.25, 0.3) is 0 Å². The van der Waals surface area contributed by atoms with Crippen LogP contribution >= 0.6 is 24.0 Å². The molecule has 1 saturated heterocycles. The summed E-state index contributed by atoms with van der Waals surface area (Å²) >= 11 is 0. The lowest BCUT2D eigenvalue weighted by atomic mass is 9.96. The maximum absolute atomic E-state index is 12.6. The largest absolute Gasteiger partial charge is 0.381 e. The molecule has 1 aromatic carbocycles. The summed E-state index contributed by atoms with van der Waals surface area (Å²) in [5.41, 5.74) is 1.67. The van der Waals surface area contributed by atoms with E-state index in [4.69, 9.17) is 4.74 Å². The van der Waals surface area contributed by atoms with Crippen LogP contribution in [0.3, 0.4) is 0 Å². The first kappa shape index (κ1) is 27.1. The average Bonchev–Trinajstić information content (AvgIpc) is 2.71. The van der Waals surface area contributed by atoms with Crippen LogP contribution in [0.1, 0.15) is 37.3 Å². The number of sulfonamides is 1. The van der Waals surface area contributed by atoms with E-state index in [2.05, 4.69) is 19.9 Å². The predicted molar refractivity (Wildman–Crippen MR) is 133 cm³/mol. The van der Waals surface area contributed by atoms with Gasteiger partial charge in [0, 0.05) is 39.9 Å². The molecule has 2 N–H and O–H groups in total. The molecule has 1 aliphatic rings. The second-order valence-corrected chi connectivity index (χ2v) is 9.40. The van der Waals surface area contributed by atoms with Gasteiger partial charge in [-0.3, -0.25) is 4.99 Å². The highest BCUT2D eigenvalue weighted by molar-refractivity contribution is 14.0. The van der Waals surface area contributed by atoms with Gasteiger partial charge in [-0.1, -0.05) is 12.1 Å². The molecule has 2 rings (SSSR count). The van der Waals surface area contributed by atoms with Crippen LogP contribution in [0.15, 0.2) is 28.1 Å². The fourth-order valence-electron chi connectivity index (χ4n) is 3.40. The molecule has 0 bridgehead atoms. The van der Waals surface area contributed by atoms with Crippen molar-refractivity contribution in [1.29, 1.82) is 0 Å². The lowest BCUT2D eigenvalue weighted by Crippen LogP contribution is -2.40. The zero-order valence-electron chi connectivity index (χ0n) is 18.6. The molecule has 30 heavy (non-hydrogen) atoms. The Balaban J connectivity index is 0.00000450. The van der Waals surface area contributed by atoms with Crippen LogP contribution < -0.4 is 10.0 Å². The van der Waals surface area contributed by atoms with Crippen molar-refractivity contribution in [1.82, 2.24) is 14.9 Å². The van der Waals surface area contributed by atoms with Crippen LogP contribution in [0, 0.1) is 19.8 Å². The Morgan fingerprint density at radius 3 is 2.63 bits per heavy atom. The minimum absolute atomic E-state index is 0. The molecular weight excluding hydrogens is 515 g/mol. The maximum atomic E-state index is 12.6. The fourth-order valence-corrected chi connectivity index (χ4v) is 4.75. The van der Waals surface area contributed by atoms with E-state index in [0.717, 1.165) is 62.7 Å². The summed E-state index contributed by atoms with van der Waals surface area (Å²) in [5.74, 6) is 1.52. The molecule has 0 amide bonds. The summed E-state index contributed by atoms with van der Waals surface area (Å²) < 4.78 is 33.3. The van der Waals surface area contributed by atoms with Crippen molar-refractivity contribution >= 4 is 40.0 Å². The predicted octanol–water partition coefficient (Wildman–Crippen LogP) is 2.91. The molecule has 0 unspecified atom stereocenters. The molecule has 0 radical (unpaired) electrons. The smallest absolute Gasteiger partial charge is 0.240 e. The first-order chi connectivity index (χ1) is 13.8. The number of aryl methyl sites for hydroxylation is 2. The van der Waals surface area contributed by atoms with Gasteiger partial charge in [0.15, 0.2) is 5.96 Å². The number of guanidine groups is 1. The third-order valence-corrected chi connectivity index (χ3v) is 6.81. The SMILES string of the molecule is CCNC(=NCCNS(=O)(=O)c1cc(C)ccc1C)N(C)CCC1CCOCC1.I. The molecule has 0 saturated carbocycles. The summed E-state index contributed by atoms with van der Waals surface area (Å²) in [6.45, 7) is 9.80. The van der Waals surface area contributed by atoms with Gasteiger partial charge in [0.2, 0.25) is 10.0 Å². The maximum Gasteiger partial charge on any atom is 0.240 e. The van der Waals surface area contributed by atoms with Crippen LogP contribution in [0.2, 0.25) is 0 Å². The third kappa shape index (κ3) is 8.68. The molecule has 172 valence electrons. The number of hydrogen-bond donors (Lipinski definition) is 2. The van der Waals surface area contributed by atoms with Gasteiger partial charge in [0.25, 0.3) is 0 Å². The van der Waals surface area contributed by atoms with E-state index in [0.29, 0.717) is 17.4 Å². The summed E-state index contributed by atoms with van der Waals surface area (Å²) in [5, 5.41) is 3.29. The molecular formula is C21H37IN4O3S. The minimum atomic E-state index is -3.53. The quantitative estimate of drug-likeness (QED) is 0.213. The van der Waals surface area contributed by atoms with Gasteiger partial charge in [0.1, 0.15) is 0 Å². The summed E-state index contributed by atoms with van der Waals surface area (Å²) in [7, 11) is -1.50. The third-order valence-electron chi connectivity index (χ3n) is 5.21. The Kier molecular flexibility index (Phi) is 12.2. The molecule has 1 heterocycles. The minimum Gasteiger partial charge on any atom is -0.381 e. The van der Waals surface area contributed by atoms with E-state index in [1.165, 1.54) is 0 Å². The molecule has 1 aliphatic heterocycles. The lowest BCUT2D eigenvalue weighted by Gasteiger charge is -2.26. The van der Waals surface area contributed by atoms with Gasteiger partial charge in [-0.15, -0.1) is 24.0 Å². The monoisotopic (exact) mass is 552 g/mol. The Hall–Kier alpha value is -0.910. The van der Waals surface area contributed by atoms with Crippen molar-refractivity contribution in [2.45, 2.75) is 44.9 Å². The zero-order valence-corrected chi connectivity index (χ0v) is 21.8. The van der Waals surface area contributed by atoms with Crippen molar-refractivity contribution in [3.8, 4) is 0 Å². The van der Waals surface area contributed by atoms with Crippen molar-refractivity contribution in [3.05, 3.63) is 29.3 Å². The number of ether oxygens (including phenoxy) is 1.